The van der Waals surface area contributed by atoms with E-state index in [0.29, 0.717) is 0 Å². The normalized spacial score (nSPS) is 24.1. The second kappa shape index (κ2) is 3.66. The van der Waals surface area contributed by atoms with E-state index >= 15 is 0 Å². The van der Waals surface area contributed by atoms with Crippen LogP contribution in [0.25, 0.3) is 0 Å². The number of carbonyl (C=O) groups excluding carboxylic acids is 1. The number of carbonyl (C=O) groups is 1. The molecular weight excluding hydrogens is 174 g/mol. The highest BCUT2D eigenvalue weighted by Gasteiger charge is 2.27. The fourth-order valence-corrected chi connectivity index (χ4v) is 1.82. The smallest absolute Gasteiger partial charge is 0.324 e. The molecule has 1 fully saturated rings. The van der Waals surface area contributed by atoms with Crippen LogP contribution >= 0.6 is 11.9 Å². The van der Waals surface area contributed by atoms with Crippen LogP contribution in [-0.2, 0) is 9.53 Å². The molecule has 1 unspecified atom stereocenters. The molecule has 0 aromatic rings. The molecule has 1 aliphatic heterocycles. The molecule has 70 valence electrons. The minimum atomic E-state index is -0.369. The molecule has 4 heteroatoms. The van der Waals surface area contributed by atoms with Crippen LogP contribution in [0.2, 0.25) is 0 Å². The highest BCUT2D eigenvalue weighted by molar-refractivity contribution is 7.97. The maximum Gasteiger partial charge on any atom is 0.324 e. The second-order valence-corrected chi connectivity index (χ2v) is 4.77. The maximum absolute atomic E-state index is 11.4. The van der Waals surface area contributed by atoms with Crippen molar-refractivity contribution in [3.05, 3.63) is 0 Å². The van der Waals surface area contributed by atoms with E-state index in [9.17, 15) is 4.79 Å². The molecule has 0 spiro atoms. The van der Waals surface area contributed by atoms with Crippen LogP contribution in [0, 0.1) is 0 Å². The third-order valence-electron chi connectivity index (χ3n) is 1.43. The fourth-order valence-electron chi connectivity index (χ4n) is 0.934. The first-order valence-corrected chi connectivity index (χ1v) is 5.08. The molecule has 1 aliphatic rings. The average Bonchev–Trinajstić information content (AvgIpc) is 2.32. The van der Waals surface area contributed by atoms with Gasteiger partial charge in [-0.1, -0.05) is 11.9 Å². The Hall–Kier alpha value is -0.220. The van der Waals surface area contributed by atoms with E-state index < -0.39 is 0 Å². The van der Waals surface area contributed by atoms with Gasteiger partial charge in [0.25, 0.3) is 0 Å². The molecule has 0 aliphatic carbocycles. The molecule has 0 bridgehead atoms. The van der Waals surface area contributed by atoms with Crippen molar-refractivity contribution in [3.63, 3.8) is 0 Å². The summed E-state index contributed by atoms with van der Waals surface area (Å²) in [5, 5.41) is 0. The molecule has 0 saturated carbocycles. The van der Waals surface area contributed by atoms with E-state index in [0.717, 1.165) is 12.2 Å². The summed E-state index contributed by atoms with van der Waals surface area (Å²) in [6.45, 7) is 5.65. The first-order chi connectivity index (χ1) is 5.49. The van der Waals surface area contributed by atoms with Gasteiger partial charge in [0.1, 0.15) is 11.6 Å². The number of nitrogens with one attached hydrogen (secondary N) is 1. The summed E-state index contributed by atoms with van der Waals surface area (Å²) in [5.41, 5.74) is -0.369. The molecule has 1 heterocycles. The molecule has 0 aromatic carbocycles. The number of rotatable bonds is 1. The molecule has 1 N–H and O–H groups in total. The molecule has 0 amide bonds. The van der Waals surface area contributed by atoms with Crippen molar-refractivity contribution in [3.8, 4) is 0 Å². The maximum atomic E-state index is 11.4. The van der Waals surface area contributed by atoms with Crippen molar-refractivity contribution in [1.82, 2.24) is 4.72 Å². The van der Waals surface area contributed by atoms with Gasteiger partial charge in [0.2, 0.25) is 0 Å². The molecule has 1 saturated heterocycles. The van der Waals surface area contributed by atoms with Crippen LogP contribution in [0.3, 0.4) is 0 Å². The van der Waals surface area contributed by atoms with Crippen LogP contribution in [0.1, 0.15) is 27.2 Å². The van der Waals surface area contributed by atoms with Gasteiger partial charge < -0.3 is 4.74 Å². The first kappa shape index (κ1) is 9.86. The fraction of sp³-hybridized carbons (Fsp3) is 0.875. The zero-order chi connectivity index (χ0) is 9.19. The van der Waals surface area contributed by atoms with Crippen molar-refractivity contribution in [2.75, 3.05) is 5.75 Å². The average molecular weight is 189 g/mol. The van der Waals surface area contributed by atoms with Gasteiger partial charge in [-0.2, -0.15) is 0 Å². The topological polar surface area (TPSA) is 38.3 Å². The molecule has 0 radical (unpaired) electrons. The third kappa shape index (κ3) is 3.03. The minimum Gasteiger partial charge on any atom is -0.459 e. The summed E-state index contributed by atoms with van der Waals surface area (Å²) in [6, 6.07) is -0.103. The van der Waals surface area contributed by atoms with Crippen molar-refractivity contribution in [1.29, 1.82) is 0 Å². The second-order valence-electron chi connectivity index (χ2n) is 3.84. The Labute approximate surface area is 77.4 Å². The lowest BCUT2D eigenvalue weighted by Crippen LogP contribution is -2.35. The molecule has 3 nitrogen and oxygen atoms in total. The summed E-state index contributed by atoms with van der Waals surface area (Å²) in [7, 11) is 0. The number of esters is 1. The van der Waals surface area contributed by atoms with E-state index in [1.807, 2.05) is 20.8 Å². The van der Waals surface area contributed by atoms with E-state index in [2.05, 4.69) is 4.72 Å². The Balaban J connectivity index is 2.37. The largest absolute Gasteiger partial charge is 0.459 e. The van der Waals surface area contributed by atoms with E-state index in [1.165, 1.54) is 0 Å². The lowest BCUT2D eigenvalue weighted by molar-refractivity contribution is -0.156. The van der Waals surface area contributed by atoms with Crippen LogP contribution in [0.15, 0.2) is 0 Å². The lowest BCUT2D eigenvalue weighted by atomic mass is 10.2. The Morgan fingerprint density at radius 1 is 1.58 bits per heavy atom. The Morgan fingerprint density at radius 2 is 2.25 bits per heavy atom. The SMILES string of the molecule is CC(C)(C)OC(=O)C1CCSN1. The Bertz CT molecular complexity index is 170. The summed E-state index contributed by atoms with van der Waals surface area (Å²) in [5.74, 6) is 0.858. The molecule has 12 heavy (non-hydrogen) atoms. The van der Waals surface area contributed by atoms with Gasteiger partial charge in [-0.25, -0.2) is 4.72 Å². The minimum absolute atomic E-state index is 0.103. The zero-order valence-electron chi connectivity index (χ0n) is 7.72. The van der Waals surface area contributed by atoms with Gasteiger partial charge in [-0.05, 0) is 27.2 Å². The quantitative estimate of drug-likeness (QED) is 0.499. The zero-order valence-corrected chi connectivity index (χ0v) is 8.53. The summed E-state index contributed by atoms with van der Waals surface area (Å²) < 4.78 is 8.23. The van der Waals surface area contributed by atoms with Crippen LogP contribution in [-0.4, -0.2) is 23.4 Å². The Kier molecular flexibility index (Phi) is 3.01. The summed E-state index contributed by atoms with van der Waals surface area (Å²) in [4.78, 5) is 11.4. The number of ether oxygens (including phenoxy) is 1. The van der Waals surface area contributed by atoms with Gasteiger partial charge in [-0.15, -0.1) is 0 Å². The van der Waals surface area contributed by atoms with Gasteiger partial charge in [-0.3, -0.25) is 4.79 Å². The molecule has 0 aromatic heterocycles. The lowest BCUT2D eigenvalue weighted by Gasteiger charge is -2.21. The molecule has 1 atom stereocenters. The van der Waals surface area contributed by atoms with Crippen LogP contribution in [0.5, 0.6) is 0 Å². The third-order valence-corrected chi connectivity index (χ3v) is 2.32. The summed E-state index contributed by atoms with van der Waals surface area (Å²) in [6.07, 6.45) is 0.875. The van der Waals surface area contributed by atoms with Gasteiger partial charge in [0.05, 0.1) is 0 Å². The number of hydrogen-bond acceptors (Lipinski definition) is 4. The number of hydrogen-bond donors (Lipinski definition) is 1. The van der Waals surface area contributed by atoms with Crippen molar-refractivity contribution >= 4 is 17.9 Å². The van der Waals surface area contributed by atoms with E-state index in [1.54, 1.807) is 11.9 Å². The highest BCUT2D eigenvalue weighted by Crippen LogP contribution is 2.16. The predicted molar refractivity (Wildman–Crippen MR) is 49.8 cm³/mol. The Morgan fingerprint density at radius 3 is 2.67 bits per heavy atom. The van der Waals surface area contributed by atoms with E-state index in [-0.39, 0.29) is 17.6 Å². The van der Waals surface area contributed by atoms with E-state index in [4.69, 9.17) is 4.74 Å². The van der Waals surface area contributed by atoms with Crippen molar-refractivity contribution < 1.29 is 9.53 Å². The van der Waals surface area contributed by atoms with Crippen molar-refractivity contribution in [2.45, 2.75) is 38.8 Å². The standard InChI is InChI=1S/C8H15NO2S/c1-8(2,3)11-7(10)6-4-5-12-9-6/h6,9H,4-5H2,1-3H3. The predicted octanol–water partition coefficient (Wildman–Crippen LogP) is 1.34. The van der Waals surface area contributed by atoms with Gasteiger partial charge >= 0.3 is 5.97 Å². The van der Waals surface area contributed by atoms with Crippen molar-refractivity contribution in [2.24, 2.45) is 0 Å². The first-order valence-electron chi connectivity index (χ1n) is 4.09. The van der Waals surface area contributed by atoms with Crippen LogP contribution < -0.4 is 4.72 Å². The summed E-state index contributed by atoms with van der Waals surface area (Å²) >= 11 is 1.59. The molecule has 1 rings (SSSR count). The highest BCUT2D eigenvalue weighted by atomic mass is 32.2. The van der Waals surface area contributed by atoms with Crippen LogP contribution in [0.4, 0.5) is 0 Å². The van der Waals surface area contributed by atoms with Gasteiger partial charge in [0.15, 0.2) is 0 Å². The van der Waals surface area contributed by atoms with Gasteiger partial charge in [0, 0.05) is 5.75 Å². The molecular formula is C8H15NO2S. The monoisotopic (exact) mass is 189 g/mol.